The highest BCUT2D eigenvalue weighted by atomic mass is 35.5. The number of nitrogens with zero attached hydrogens (tertiary/aromatic N) is 4. The van der Waals surface area contributed by atoms with Crippen molar-refractivity contribution in [3.05, 3.63) is 40.7 Å². The van der Waals surface area contributed by atoms with Gasteiger partial charge in [0.25, 0.3) is 5.91 Å². The second kappa shape index (κ2) is 7.62. The molecule has 2 aromatic rings. The predicted octanol–water partition coefficient (Wildman–Crippen LogP) is 1.70. The Hall–Kier alpha value is -1.57. The van der Waals surface area contributed by atoms with Crippen molar-refractivity contribution in [1.82, 2.24) is 24.8 Å². The van der Waals surface area contributed by atoms with E-state index in [4.69, 9.17) is 0 Å². The van der Waals surface area contributed by atoms with E-state index in [1.807, 2.05) is 30.2 Å². The molecule has 1 aliphatic heterocycles. The maximum Gasteiger partial charge on any atom is 0.268 e. The Labute approximate surface area is 139 Å². The van der Waals surface area contributed by atoms with Crippen molar-refractivity contribution in [2.45, 2.75) is 19.4 Å². The Morgan fingerprint density at radius 2 is 2.41 bits per heavy atom. The first-order chi connectivity index (χ1) is 10.3. The molecule has 1 atom stereocenters. The molecular weight excluding hydrogens is 322 g/mol. The first-order valence-electron chi connectivity index (χ1n) is 7.04. The first-order valence-corrected chi connectivity index (χ1v) is 7.81. The number of rotatable bonds is 3. The van der Waals surface area contributed by atoms with Crippen molar-refractivity contribution in [2.75, 3.05) is 19.6 Å². The van der Waals surface area contributed by atoms with Crippen molar-refractivity contribution in [3.63, 3.8) is 0 Å². The van der Waals surface area contributed by atoms with E-state index >= 15 is 0 Å². The normalized spacial score (nSPS) is 17.9. The van der Waals surface area contributed by atoms with Gasteiger partial charge in [-0.2, -0.15) is 0 Å². The second-order valence-electron chi connectivity index (χ2n) is 4.91. The zero-order chi connectivity index (χ0) is 14.7. The lowest BCUT2D eigenvalue weighted by Gasteiger charge is -2.36. The number of hydrogen-bond donors (Lipinski definition) is 1. The molecule has 0 bridgehead atoms. The van der Waals surface area contributed by atoms with Crippen LogP contribution >= 0.6 is 23.9 Å². The van der Waals surface area contributed by atoms with Gasteiger partial charge >= 0.3 is 0 Å². The van der Waals surface area contributed by atoms with E-state index in [-0.39, 0.29) is 24.4 Å². The highest BCUT2D eigenvalue weighted by Crippen LogP contribution is 2.25. The molecule has 3 rings (SSSR count). The predicted molar refractivity (Wildman–Crippen MR) is 87.4 cm³/mol. The van der Waals surface area contributed by atoms with Crippen LogP contribution in [0.5, 0.6) is 0 Å². The van der Waals surface area contributed by atoms with Gasteiger partial charge in [-0.25, -0.2) is 0 Å². The molecule has 0 radical (unpaired) electrons. The minimum atomic E-state index is 0. The Bertz CT molecular complexity index is 621. The van der Waals surface area contributed by atoms with Crippen molar-refractivity contribution >= 4 is 29.8 Å². The fourth-order valence-electron chi connectivity index (χ4n) is 2.55. The number of piperazine rings is 1. The van der Waals surface area contributed by atoms with E-state index in [0.717, 1.165) is 30.8 Å². The molecule has 8 heteroatoms. The molecule has 1 aliphatic rings. The van der Waals surface area contributed by atoms with E-state index in [1.54, 1.807) is 6.20 Å². The molecule has 0 spiro atoms. The minimum Gasteiger partial charge on any atom is -0.328 e. The molecule has 1 fully saturated rings. The molecule has 1 amide bonds. The summed E-state index contributed by atoms with van der Waals surface area (Å²) in [6, 6.07) is 3.92. The summed E-state index contributed by atoms with van der Waals surface area (Å²) in [5, 5.41) is 7.38. The summed E-state index contributed by atoms with van der Waals surface area (Å²) in [7, 11) is 0. The highest BCUT2D eigenvalue weighted by Gasteiger charge is 2.31. The zero-order valence-electron chi connectivity index (χ0n) is 12.2. The molecule has 1 saturated heterocycles. The number of pyridine rings is 1. The molecule has 22 heavy (non-hydrogen) atoms. The number of amides is 1. The lowest BCUT2D eigenvalue weighted by atomic mass is 10.0. The van der Waals surface area contributed by atoms with E-state index in [0.29, 0.717) is 11.4 Å². The largest absolute Gasteiger partial charge is 0.328 e. The smallest absolute Gasteiger partial charge is 0.268 e. The topological polar surface area (TPSA) is 71.0 Å². The highest BCUT2D eigenvalue weighted by molar-refractivity contribution is 7.08. The van der Waals surface area contributed by atoms with E-state index in [1.165, 1.54) is 11.5 Å². The van der Waals surface area contributed by atoms with Crippen LogP contribution in [-0.2, 0) is 6.42 Å². The Morgan fingerprint density at radius 3 is 3.14 bits per heavy atom. The number of aryl methyl sites for hydroxylation is 1. The average molecular weight is 340 g/mol. The molecule has 3 heterocycles. The fourth-order valence-corrected chi connectivity index (χ4v) is 3.26. The number of carbonyl (C=O) groups excluding carboxylic acids is 1. The molecule has 6 nitrogen and oxygen atoms in total. The van der Waals surface area contributed by atoms with Gasteiger partial charge in [0.2, 0.25) is 0 Å². The summed E-state index contributed by atoms with van der Waals surface area (Å²) in [6.45, 7) is 4.21. The van der Waals surface area contributed by atoms with Gasteiger partial charge in [-0.15, -0.1) is 17.5 Å². The maximum atomic E-state index is 12.8. The molecule has 0 aromatic carbocycles. The Kier molecular flexibility index (Phi) is 5.82. The summed E-state index contributed by atoms with van der Waals surface area (Å²) in [6.07, 6.45) is 4.29. The Balaban J connectivity index is 0.00000176. The number of halogens is 1. The first kappa shape index (κ1) is 16.8. The van der Waals surface area contributed by atoms with Crippen LogP contribution < -0.4 is 5.32 Å². The third kappa shape index (κ3) is 3.26. The molecular formula is C14H18ClN5OS. The Morgan fingerprint density at radius 1 is 1.55 bits per heavy atom. The molecule has 1 N–H and O–H groups in total. The van der Waals surface area contributed by atoms with Gasteiger partial charge in [0.1, 0.15) is 4.88 Å². The van der Waals surface area contributed by atoms with Crippen LogP contribution in [0.4, 0.5) is 0 Å². The third-order valence-corrected chi connectivity index (χ3v) is 4.41. The van der Waals surface area contributed by atoms with Gasteiger partial charge in [-0.3, -0.25) is 9.78 Å². The van der Waals surface area contributed by atoms with E-state index in [9.17, 15) is 4.79 Å². The molecule has 0 saturated carbocycles. The third-order valence-electron chi connectivity index (χ3n) is 3.66. The van der Waals surface area contributed by atoms with Gasteiger partial charge in [0, 0.05) is 32.0 Å². The standard InChI is InChI=1S/C14H17N5OS.ClH/c1-2-11-13(21-18-17-11)14(20)19-7-6-16-9-12(19)10-4-3-5-15-8-10;/h3-5,8,12,16H,2,6-7,9H2,1H3;1H. The van der Waals surface area contributed by atoms with Crippen LogP contribution in [0.2, 0.25) is 0 Å². The fraction of sp³-hybridized carbons (Fsp3) is 0.429. The summed E-state index contributed by atoms with van der Waals surface area (Å²) < 4.78 is 3.92. The van der Waals surface area contributed by atoms with E-state index < -0.39 is 0 Å². The van der Waals surface area contributed by atoms with Gasteiger partial charge in [-0.05, 0) is 29.6 Å². The van der Waals surface area contributed by atoms with Crippen LogP contribution in [0.15, 0.2) is 24.5 Å². The minimum absolute atomic E-state index is 0. The molecule has 1 unspecified atom stereocenters. The summed E-state index contributed by atoms with van der Waals surface area (Å²) in [4.78, 5) is 19.6. The summed E-state index contributed by atoms with van der Waals surface area (Å²) in [5.74, 6) is 0.0252. The van der Waals surface area contributed by atoms with Gasteiger partial charge in [-0.1, -0.05) is 17.5 Å². The van der Waals surface area contributed by atoms with Crippen LogP contribution in [0.1, 0.15) is 33.9 Å². The molecule has 2 aromatic heterocycles. The molecule has 0 aliphatic carbocycles. The van der Waals surface area contributed by atoms with Crippen LogP contribution in [0.3, 0.4) is 0 Å². The summed E-state index contributed by atoms with van der Waals surface area (Å²) in [5.41, 5.74) is 1.84. The molecule has 118 valence electrons. The number of aromatic nitrogens is 3. The quantitative estimate of drug-likeness (QED) is 0.921. The number of hydrogen-bond acceptors (Lipinski definition) is 6. The number of carbonyl (C=O) groups is 1. The number of nitrogens with one attached hydrogen (secondary N) is 1. The van der Waals surface area contributed by atoms with Crippen LogP contribution in [0.25, 0.3) is 0 Å². The van der Waals surface area contributed by atoms with Crippen LogP contribution in [-0.4, -0.2) is 45.0 Å². The SMILES string of the molecule is CCc1nnsc1C(=O)N1CCNCC1c1cccnc1.Cl. The maximum absolute atomic E-state index is 12.8. The summed E-state index contributed by atoms with van der Waals surface area (Å²) >= 11 is 1.18. The lowest BCUT2D eigenvalue weighted by Crippen LogP contribution is -2.48. The van der Waals surface area contributed by atoms with Gasteiger partial charge in [0.05, 0.1) is 11.7 Å². The van der Waals surface area contributed by atoms with Crippen molar-refractivity contribution in [2.24, 2.45) is 0 Å². The van der Waals surface area contributed by atoms with Crippen LogP contribution in [0, 0.1) is 0 Å². The second-order valence-corrected chi connectivity index (χ2v) is 5.66. The average Bonchev–Trinajstić information content (AvgIpc) is 3.03. The van der Waals surface area contributed by atoms with Gasteiger partial charge < -0.3 is 10.2 Å². The lowest BCUT2D eigenvalue weighted by molar-refractivity contribution is 0.0637. The van der Waals surface area contributed by atoms with Gasteiger partial charge in [0.15, 0.2) is 0 Å². The van der Waals surface area contributed by atoms with E-state index in [2.05, 4.69) is 19.9 Å². The zero-order valence-corrected chi connectivity index (χ0v) is 13.9. The monoisotopic (exact) mass is 339 g/mol. The van der Waals surface area contributed by atoms with Crippen molar-refractivity contribution in [1.29, 1.82) is 0 Å². The van der Waals surface area contributed by atoms with Crippen molar-refractivity contribution in [3.8, 4) is 0 Å². The van der Waals surface area contributed by atoms with Crippen molar-refractivity contribution < 1.29 is 4.79 Å².